The van der Waals surface area contributed by atoms with Crippen LogP contribution in [0, 0.1) is 0 Å². The first-order valence-electron chi connectivity index (χ1n) is 7.42. The molecule has 0 radical (unpaired) electrons. The molecule has 0 saturated carbocycles. The highest BCUT2D eigenvalue weighted by atomic mass is 32.2. The van der Waals surface area contributed by atoms with Crippen molar-refractivity contribution >= 4 is 17.7 Å². The van der Waals surface area contributed by atoms with Gasteiger partial charge in [0.1, 0.15) is 4.87 Å². The molecule has 1 atom stereocenters. The van der Waals surface area contributed by atoms with Crippen molar-refractivity contribution < 1.29 is 4.79 Å². The van der Waals surface area contributed by atoms with Crippen LogP contribution in [0.3, 0.4) is 0 Å². The number of nitrogens with zero attached hydrogens (tertiary/aromatic N) is 1. The van der Waals surface area contributed by atoms with Gasteiger partial charge in [0.25, 0.3) is 5.91 Å². The quantitative estimate of drug-likeness (QED) is 0.843. The first kappa shape index (κ1) is 13.0. The summed E-state index contributed by atoms with van der Waals surface area (Å²) in [6.07, 6.45) is 1.04. The number of amides is 1. The predicted octanol–water partition coefficient (Wildman–Crippen LogP) is 3.65. The van der Waals surface area contributed by atoms with Crippen LogP contribution in [0.4, 0.5) is 0 Å². The molecule has 2 aliphatic heterocycles. The van der Waals surface area contributed by atoms with Gasteiger partial charge in [0, 0.05) is 23.4 Å². The lowest BCUT2D eigenvalue weighted by Gasteiger charge is -2.32. The Kier molecular flexibility index (Phi) is 2.86. The van der Waals surface area contributed by atoms with Gasteiger partial charge in [0.05, 0.1) is 0 Å². The van der Waals surface area contributed by atoms with Gasteiger partial charge >= 0.3 is 0 Å². The molecule has 1 amide bonds. The van der Waals surface area contributed by atoms with Crippen molar-refractivity contribution in [1.82, 2.24) is 4.90 Å². The highest BCUT2D eigenvalue weighted by Crippen LogP contribution is 2.55. The maximum absolute atomic E-state index is 12.7. The summed E-state index contributed by atoms with van der Waals surface area (Å²) in [6, 6.07) is 16.8. The summed E-state index contributed by atoms with van der Waals surface area (Å²) in [7, 11) is 0. The Morgan fingerprint density at radius 1 is 1.14 bits per heavy atom. The molecule has 1 saturated heterocycles. The smallest absolute Gasteiger partial charge is 0.255 e. The lowest BCUT2D eigenvalue weighted by molar-refractivity contribution is 0.0752. The van der Waals surface area contributed by atoms with E-state index in [0.717, 1.165) is 29.8 Å². The molecule has 0 spiro atoms. The summed E-state index contributed by atoms with van der Waals surface area (Å²) in [5, 5.41) is 0. The largest absolute Gasteiger partial charge is 0.315 e. The summed E-state index contributed by atoms with van der Waals surface area (Å²) in [6.45, 7) is 2.99. The molecule has 2 aliphatic rings. The zero-order valence-electron chi connectivity index (χ0n) is 12.0. The third kappa shape index (κ3) is 1.64. The number of benzene rings is 2. The second kappa shape index (κ2) is 4.63. The van der Waals surface area contributed by atoms with E-state index < -0.39 is 0 Å². The van der Waals surface area contributed by atoms with Crippen molar-refractivity contribution in [1.29, 1.82) is 0 Å². The molecule has 21 heavy (non-hydrogen) atoms. The first-order valence-corrected chi connectivity index (χ1v) is 8.41. The molecule has 106 valence electrons. The Balaban J connectivity index is 1.93. The molecule has 2 aromatic carbocycles. The van der Waals surface area contributed by atoms with Gasteiger partial charge in [0.15, 0.2) is 0 Å². The molecule has 0 aromatic heterocycles. The fraction of sp³-hybridized carbons (Fsp3) is 0.278. The van der Waals surface area contributed by atoms with Gasteiger partial charge in [-0.3, -0.25) is 4.79 Å². The van der Waals surface area contributed by atoms with E-state index >= 15 is 0 Å². The van der Waals surface area contributed by atoms with Crippen LogP contribution in [0.15, 0.2) is 48.5 Å². The van der Waals surface area contributed by atoms with E-state index in [9.17, 15) is 4.79 Å². The molecule has 2 heterocycles. The lowest BCUT2D eigenvalue weighted by Crippen LogP contribution is -2.37. The van der Waals surface area contributed by atoms with E-state index in [4.69, 9.17) is 0 Å². The molecule has 1 unspecified atom stereocenters. The standard InChI is InChI=1S/C18H17NOS/c1-2-13-7-9-14(10-8-13)18-16-6-4-3-5-15(16)17(20)19(18)11-12-21-18/h3-10H,2,11-12H2,1H3. The summed E-state index contributed by atoms with van der Waals surface area (Å²) < 4.78 is 0. The number of thioether (sulfide) groups is 1. The van der Waals surface area contributed by atoms with E-state index in [2.05, 4.69) is 37.3 Å². The molecule has 2 aromatic rings. The van der Waals surface area contributed by atoms with Crippen LogP contribution in [0.5, 0.6) is 0 Å². The molecule has 2 nitrogen and oxygen atoms in total. The number of carbonyl (C=O) groups excluding carboxylic acids is 1. The second-order valence-corrected chi connectivity index (χ2v) is 6.83. The van der Waals surface area contributed by atoms with Crippen LogP contribution >= 0.6 is 11.8 Å². The highest BCUT2D eigenvalue weighted by molar-refractivity contribution is 8.00. The number of fused-ring (bicyclic) bond motifs is 3. The SMILES string of the molecule is CCc1ccc(C23SCCN2C(=O)c2ccccc23)cc1. The average molecular weight is 295 g/mol. The van der Waals surface area contributed by atoms with Crippen molar-refractivity contribution in [2.45, 2.75) is 18.2 Å². The van der Waals surface area contributed by atoms with E-state index in [0.29, 0.717) is 0 Å². The van der Waals surface area contributed by atoms with Crippen LogP contribution in [-0.2, 0) is 11.3 Å². The molecule has 1 fully saturated rings. The number of hydrogen-bond donors (Lipinski definition) is 0. The van der Waals surface area contributed by atoms with Crippen molar-refractivity contribution in [3.63, 3.8) is 0 Å². The minimum atomic E-state index is -0.306. The van der Waals surface area contributed by atoms with E-state index in [1.165, 1.54) is 11.1 Å². The number of rotatable bonds is 2. The fourth-order valence-electron chi connectivity index (χ4n) is 3.46. The Bertz CT molecular complexity index is 709. The highest BCUT2D eigenvalue weighted by Gasteiger charge is 2.54. The van der Waals surface area contributed by atoms with Crippen molar-refractivity contribution in [2.75, 3.05) is 12.3 Å². The Morgan fingerprint density at radius 2 is 1.90 bits per heavy atom. The topological polar surface area (TPSA) is 20.3 Å². The summed E-state index contributed by atoms with van der Waals surface area (Å²) in [5.74, 6) is 1.17. The predicted molar refractivity (Wildman–Crippen MR) is 86.5 cm³/mol. The molecular weight excluding hydrogens is 278 g/mol. The number of aryl methyl sites for hydroxylation is 1. The van der Waals surface area contributed by atoms with Crippen LogP contribution in [0.25, 0.3) is 0 Å². The van der Waals surface area contributed by atoms with Crippen molar-refractivity contribution in [3.8, 4) is 0 Å². The lowest BCUT2D eigenvalue weighted by atomic mass is 9.96. The Labute approximate surface area is 129 Å². The van der Waals surface area contributed by atoms with E-state index in [1.54, 1.807) is 0 Å². The van der Waals surface area contributed by atoms with Crippen LogP contribution < -0.4 is 0 Å². The zero-order valence-corrected chi connectivity index (χ0v) is 12.8. The molecule has 0 bridgehead atoms. The zero-order chi connectivity index (χ0) is 14.4. The molecule has 4 rings (SSSR count). The summed E-state index contributed by atoms with van der Waals surface area (Å²) >= 11 is 1.88. The maximum atomic E-state index is 12.7. The van der Waals surface area contributed by atoms with Gasteiger partial charge in [0.2, 0.25) is 0 Å². The monoisotopic (exact) mass is 295 g/mol. The third-order valence-corrected chi connectivity index (χ3v) is 6.01. The van der Waals surface area contributed by atoms with Crippen LogP contribution in [-0.4, -0.2) is 23.1 Å². The van der Waals surface area contributed by atoms with E-state index in [1.807, 2.05) is 34.9 Å². The number of hydrogen-bond acceptors (Lipinski definition) is 2. The summed E-state index contributed by atoms with van der Waals surface area (Å²) in [5.41, 5.74) is 4.58. The van der Waals surface area contributed by atoms with Gasteiger partial charge in [-0.05, 0) is 23.6 Å². The van der Waals surface area contributed by atoms with Crippen molar-refractivity contribution in [3.05, 3.63) is 70.8 Å². The third-order valence-electron chi connectivity index (χ3n) is 4.53. The second-order valence-electron chi connectivity index (χ2n) is 5.55. The van der Waals surface area contributed by atoms with Gasteiger partial charge in [-0.1, -0.05) is 49.4 Å². The van der Waals surface area contributed by atoms with Gasteiger partial charge in [-0.2, -0.15) is 0 Å². The average Bonchev–Trinajstić information content (AvgIpc) is 3.08. The minimum absolute atomic E-state index is 0.176. The fourth-order valence-corrected chi connectivity index (χ4v) is 4.99. The van der Waals surface area contributed by atoms with Crippen LogP contribution in [0.1, 0.15) is 34.0 Å². The first-order chi connectivity index (χ1) is 10.3. The van der Waals surface area contributed by atoms with Gasteiger partial charge in [-0.15, -0.1) is 11.8 Å². The minimum Gasteiger partial charge on any atom is -0.315 e. The number of carbonyl (C=O) groups is 1. The molecular formula is C18H17NOS. The van der Waals surface area contributed by atoms with Crippen molar-refractivity contribution in [2.24, 2.45) is 0 Å². The Hall–Kier alpha value is -1.74. The van der Waals surface area contributed by atoms with Gasteiger partial charge in [-0.25, -0.2) is 0 Å². The van der Waals surface area contributed by atoms with Gasteiger partial charge < -0.3 is 4.90 Å². The normalized spacial score (nSPS) is 23.3. The maximum Gasteiger partial charge on any atom is 0.255 e. The van der Waals surface area contributed by atoms with E-state index in [-0.39, 0.29) is 10.8 Å². The molecule has 3 heteroatoms. The molecule has 0 N–H and O–H groups in total. The molecule has 0 aliphatic carbocycles. The summed E-state index contributed by atoms with van der Waals surface area (Å²) in [4.78, 5) is 14.4. The van der Waals surface area contributed by atoms with Crippen LogP contribution in [0.2, 0.25) is 0 Å². The Morgan fingerprint density at radius 3 is 2.67 bits per heavy atom.